The highest BCUT2D eigenvalue weighted by molar-refractivity contribution is 5.66. The number of nitrogens with zero attached hydrogens (tertiary/aromatic N) is 4. The van der Waals surface area contributed by atoms with E-state index in [4.69, 9.17) is 4.74 Å². The topological polar surface area (TPSA) is 69.9 Å². The van der Waals surface area contributed by atoms with Gasteiger partial charge in [0.2, 0.25) is 0 Å². The van der Waals surface area contributed by atoms with Gasteiger partial charge in [0.1, 0.15) is 12.1 Å². The van der Waals surface area contributed by atoms with Crippen molar-refractivity contribution in [3.05, 3.63) is 58.9 Å². The second-order valence-corrected chi connectivity index (χ2v) is 4.22. The zero-order valence-electron chi connectivity index (χ0n) is 10.9. The van der Waals surface area contributed by atoms with Crippen molar-refractivity contribution in [2.24, 2.45) is 0 Å². The van der Waals surface area contributed by atoms with Crippen LogP contribution in [0.3, 0.4) is 0 Å². The van der Waals surface area contributed by atoms with E-state index in [1.54, 1.807) is 7.11 Å². The fourth-order valence-corrected chi connectivity index (χ4v) is 2.02. The molecule has 0 fully saturated rings. The number of ether oxygens (including phenoxy) is 1. The molecule has 0 saturated carbocycles. The van der Waals surface area contributed by atoms with Gasteiger partial charge < -0.3 is 4.74 Å². The van der Waals surface area contributed by atoms with E-state index in [0.29, 0.717) is 12.2 Å². The SMILES string of the molecule is COc1ccccc1Cn1cnc2nccnc2c1=O. The minimum Gasteiger partial charge on any atom is -0.496 e. The Labute approximate surface area is 114 Å². The molecule has 0 bridgehead atoms. The number of hydrogen-bond acceptors (Lipinski definition) is 5. The summed E-state index contributed by atoms with van der Waals surface area (Å²) < 4.78 is 6.78. The van der Waals surface area contributed by atoms with Gasteiger partial charge in [-0.3, -0.25) is 9.36 Å². The molecule has 6 heteroatoms. The Kier molecular flexibility index (Phi) is 3.12. The van der Waals surface area contributed by atoms with Crippen molar-refractivity contribution in [2.75, 3.05) is 7.11 Å². The fourth-order valence-electron chi connectivity index (χ4n) is 2.02. The predicted octanol–water partition coefficient (Wildman–Crippen LogP) is 1.24. The maximum Gasteiger partial charge on any atom is 0.281 e. The summed E-state index contributed by atoms with van der Waals surface area (Å²) >= 11 is 0. The summed E-state index contributed by atoms with van der Waals surface area (Å²) in [5.74, 6) is 0.735. The van der Waals surface area contributed by atoms with Crippen LogP contribution in [0.5, 0.6) is 5.75 Å². The van der Waals surface area contributed by atoms with Gasteiger partial charge in [-0.15, -0.1) is 0 Å². The smallest absolute Gasteiger partial charge is 0.281 e. The van der Waals surface area contributed by atoms with E-state index >= 15 is 0 Å². The largest absolute Gasteiger partial charge is 0.496 e. The first-order valence-corrected chi connectivity index (χ1v) is 6.07. The molecule has 0 atom stereocenters. The molecule has 20 heavy (non-hydrogen) atoms. The van der Waals surface area contributed by atoms with Gasteiger partial charge in [-0.1, -0.05) is 18.2 Å². The molecule has 0 aliphatic carbocycles. The van der Waals surface area contributed by atoms with Crippen LogP contribution < -0.4 is 10.3 Å². The minimum absolute atomic E-state index is 0.214. The summed E-state index contributed by atoms with van der Waals surface area (Å²) in [6.07, 6.45) is 4.48. The molecule has 0 aliphatic rings. The third kappa shape index (κ3) is 2.11. The quantitative estimate of drug-likeness (QED) is 0.715. The lowest BCUT2D eigenvalue weighted by atomic mass is 10.2. The van der Waals surface area contributed by atoms with E-state index in [9.17, 15) is 4.79 Å². The number of aromatic nitrogens is 4. The van der Waals surface area contributed by atoms with E-state index in [-0.39, 0.29) is 11.1 Å². The molecule has 0 radical (unpaired) electrons. The minimum atomic E-state index is -0.214. The zero-order chi connectivity index (χ0) is 13.9. The molecule has 0 N–H and O–H groups in total. The van der Waals surface area contributed by atoms with Gasteiger partial charge in [0.25, 0.3) is 5.56 Å². The van der Waals surface area contributed by atoms with Gasteiger partial charge >= 0.3 is 0 Å². The lowest BCUT2D eigenvalue weighted by Gasteiger charge is -2.09. The standard InChI is InChI=1S/C14H12N4O2/c1-20-11-5-3-2-4-10(11)8-18-9-17-13-12(14(18)19)15-6-7-16-13/h2-7,9H,8H2,1H3. The molecule has 6 nitrogen and oxygen atoms in total. The summed E-state index contributed by atoms with van der Waals surface area (Å²) in [5.41, 5.74) is 1.31. The van der Waals surface area contributed by atoms with Crippen molar-refractivity contribution in [3.63, 3.8) is 0 Å². The normalized spacial score (nSPS) is 10.7. The Morgan fingerprint density at radius 2 is 1.95 bits per heavy atom. The summed E-state index contributed by atoms with van der Waals surface area (Å²) in [7, 11) is 1.60. The molecule has 3 rings (SSSR count). The van der Waals surface area contributed by atoms with Crippen molar-refractivity contribution >= 4 is 11.2 Å². The maximum atomic E-state index is 12.3. The van der Waals surface area contributed by atoms with E-state index in [2.05, 4.69) is 15.0 Å². The van der Waals surface area contributed by atoms with Gasteiger partial charge in [0.15, 0.2) is 11.2 Å². The van der Waals surface area contributed by atoms with Crippen LogP contribution in [0.1, 0.15) is 5.56 Å². The molecule has 100 valence electrons. The van der Waals surface area contributed by atoms with Crippen molar-refractivity contribution in [3.8, 4) is 5.75 Å². The maximum absolute atomic E-state index is 12.3. The first kappa shape index (κ1) is 12.3. The number of methoxy groups -OCH3 is 1. The fraction of sp³-hybridized carbons (Fsp3) is 0.143. The number of rotatable bonds is 3. The Bertz CT molecular complexity index is 813. The van der Waals surface area contributed by atoms with Gasteiger partial charge in [-0.05, 0) is 6.07 Å². The lowest BCUT2D eigenvalue weighted by Crippen LogP contribution is -2.22. The third-order valence-electron chi connectivity index (χ3n) is 2.99. The van der Waals surface area contributed by atoms with Crippen LogP contribution in [-0.2, 0) is 6.54 Å². The Morgan fingerprint density at radius 1 is 1.15 bits per heavy atom. The van der Waals surface area contributed by atoms with E-state index in [1.807, 2.05) is 24.3 Å². The van der Waals surface area contributed by atoms with Crippen LogP contribution >= 0.6 is 0 Å². The van der Waals surface area contributed by atoms with Crippen molar-refractivity contribution < 1.29 is 4.74 Å². The van der Waals surface area contributed by atoms with Crippen LogP contribution in [0.2, 0.25) is 0 Å². The van der Waals surface area contributed by atoms with Gasteiger partial charge in [0, 0.05) is 18.0 Å². The highest BCUT2D eigenvalue weighted by Crippen LogP contribution is 2.17. The second kappa shape index (κ2) is 5.08. The van der Waals surface area contributed by atoms with Crippen molar-refractivity contribution in [1.82, 2.24) is 19.5 Å². The molecule has 0 unspecified atom stereocenters. The van der Waals surface area contributed by atoms with E-state index in [1.165, 1.54) is 23.3 Å². The predicted molar refractivity (Wildman–Crippen MR) is 73.7 cm³/mol. The highest BCUT2D eigenvalue weighted by atomic mass is 16.5. The summed E-state index contributed by atoms with van der Waals surface area (Å²) in [5, 5.41) is 0. The second-order valence-electron chi connectivity index (χ2n) is 4.22. The van der Waals surface area contributed by atoms with Crippen LogP contribution in [0.25, 0.3) is 11.2 Å². The Balaban J connectivity index is 2.07. The molecular formula is C14H12N4O2. The molecule has 1 aromatic carbocycles. The molecule has 0 saturated heterocycles. The third-order valence-corrected chi connectivity index (χ3v) is 2.99. The van der Waals surface area contributed by atoms with Gasteiger partial charge in [-0.2, -0.15) is 0 Å². The van der Waals surface area contributed by atoms with E-state index < -0.39 is 0 Å². The zero-order valence-corrected chi connectivity index (χ0v) is 10.9. The molecule has 3 aromatic rings. The van der Waals surface area contributed by atoms with Crippen LogP contribution in [0.15, 0.2) is 47.8 Å². The number of hydrogen-bond donors (Lipinski definition) is 0. The van der Waals surface area contributed by atoms with Crippen LogP contribution in [-0.4, -0.2) is 26.6 Å². The molecule has 0 spiro atoms. The number of fused-ring (bicyclic) bond motifs is 1. The average Bonchev–Trinajstić information content (AvgIpc) is 2.51. The molecule has 2 heterocycles. The van der Waals surface area contributed by atoms with Gasteiger partial charge in [-0.25, -0.2) is 15.0 Å². The first-order valence-electron chi connectivity index (χ1n) is 6.07. The molecular weight excluding hydrogens is 256 g/mol. The lowest BCUT2D eigenvalue weighted by molar-refractivity contribution is 0.408. The monoisotopic (exact) mass is 268 g/mol. The molecule has 0 aliphatic heterocycles. The summed E-state index contributed by atoms with van der Waals surface area (Å²) in [6, 6.07) is 7.55. The highest BCUT2D eigenvalue weighted by Gasteiger charge is 2.08. The van der Waals surface area contributed by atoms with Crippen LogP contribution in [0.4, 0.5) is 0 Å². The van der Waals surface area contributed by atoms with Crippen molar-refractivity contribution in [1.29, 1.82) is 0 Å². The summed E-state index contributed by atoms with van der Waals surface area (Å²) in [6.45, 7) is 0.377. The number of para-hydroxylation sites is 1. The first-order chi connectivity index (χ1) is 9.79. The van der Waals surface area contributed by atoms with Crippen molar-refractivity contribution in [2.45, 2.75) is 6.54 Å². The summed E-state index contributed by atoms with van der Waals surface area (Å²) in [4.78, 5) is 24.5. The molecule has 2 aromatic heterocycles. The van der Waals surface area contributed by atoms with E-state index in [0.717, 1.165) is 11.3 Å². The van der Waals surface area contributed by atoms with Gasteiger partial charge in [0.05, 0.1) is 13.7 Å². The average molecular weight is 268 g/mol. The number of benzene rings is 1. The Morgan fingerprint density at radius 3 is 2.80 bits per heavy atom. The van der Waals surface area contributed by atoms with Crippen LogP contribution in [0, 0.1) is 0 Å². The molecule has 0 amide bonds. The Hall–Kier alpha value is -2.76.